The minimum atomic E-state index is -1.05. The van der Waals surface area contributed by atoms with Crippen molar-refractivity contribution in [3.05, 3.63) is 81.9 Å². The highest BCUT2D eigenvalue weighted by molar-refractivity contribution is 7.99. The standard InChI is InChI=1S/C24H25Cl2N3O4S/c1-15-9-19(4-5-20(15)16(2)32-23(27)30)34-12-18-11-31-24(33-18,13-29-8-7-28-14-29)21-6-3-17(25)10-22(21)26/h3-10,14,16,18H,11-13H2,1-2H3,(H2,27,30). The summed E-state index contributed by atoms with van der Waals surface area (Å²) in [5, 5.41) is 1.03. The van der Waals surface area contributed by atoms with E-state index in [0.717, 1.165) is 21.6 Å². The van der Waals surface area contributed by atoms with Crippen molar-refractivity contribution in [2.75, 3.05) is 12.4 Å². The number of halogens is 2. The quantitative estimate of drug-likeness (QED) is 0.381. The topological polar surface area (TPSA) is 88.6 Å². The largest absolute Gasteiger partial charge is 0.442 e. The van der Waals surface area contributed by atoms with Gasteiger partial charge in [-0.2, -0.15) is 0 Å². The number of hydrogen-bond donors (Lipinski definition) is 1. The number of carbonyl (C=O) groups excluding carboxylic acids is 1. The van der Waals surface area contributed by atoms with Gasteiger partial charge in [0.2, 0.25) is 5.79 Å². The van der Waals surface area contributed by atoms with E-state index in [0.29, 0.717) is 28.9 Å². The number of nitrogens with two attached hydrogens (primary N) is 1. The second-order valence-corrected chi connectivity index (χ2v) is 10.0. The average molecular weight is 522 g/mol. The van der Waals surface area contributed by atoms with Crippen LogP contribution in [-0.4, -0.2) is 34.1 Å². The molecule has 1 aliphatic heterocycles. The molecule has 3 atom stereocenters. The number of ether oxygens (including phenoxy) is 3. The number of nitrogens with zero attached hydrogens (tertiary/aromatic N) is 2. The van der Waals surface area contributed by atoms with Gasteiger partial charge in [-0.3, -0.25) is 0 Å². The number of thioether (sulfide) groups is 1. The molecule has 34 heavy (non-hydrogen) atoms. The van der Waals surface area contributed by atoms with Crippen LogP contribution in [0.15, 0.2) is 60.0 Å². The smallest absolute Gasteiger partial charge is 0.405 e. The van der Waals surface area contributed by atoms with Gasteiger partial charge in [-0.15, -0.1) is 11.8 Å². The Morgan fingerprint density at radius 3 is 2.85 bits per heavy atom. The molecule has 7 nitrogen and oxygen atoms in total. The van der Waals surface area contributed by atoms with E-state index in [2.05, 4.69) is 11.1 Å². The van der Waals surface area contributed by atoms with Gasteiger partial charge in [0.15, 0.2) is 0 Å². The van der Waals surface area contributed by atoms with E-state index < -0.39 is 18.0 Å². The number of rotatable bonds is 8. The zero-order valence-corrected chi connectivity index (χ0v) is 21.1. The lowest BCUT2D eigenvalue weighted by Gasteiger charge is -2.30. The van der Waals surface area contributed by atoms with Crippen LogP contribution in [0.3, 0.4) is 0 Å². The monoisotopic (exact) mass is 521 g/mol. The van der Waals surface area contributed by atoms with E-state index in [9.17, 15) is 4.79 Å². The Balaban J connectivity index is 1.47. The van der Waals surface area contributed by atoms with Crippen LogP contribution >= 0.6 is 35.0 Å². The number of primary amides is 1. The highest BCUT2D eigenvalue weighted by Crippen LogP contribution is 2.41. The van der Waals surface area contributed by atoms with Gasteiger partial charge >= 0.3 is 6.09 Å². The Bertz CT molecular complexity index is 1160. The molecule has 0 radical (unpaired) electrons. The van der Waals surface area contributed by atoms with E-state index in [1.807, 2.05) is 35.9 Å². The van der Waals surface area contributed by atoms with Crippen molar-refractivity contribution in [3.8, 4) is 0 Å². The summed E-state index contributed by atoms with van der Waals surface area (Å²) in [6.45, 7) is 4.60. The fraction of sp³-hybridized carbons (Fsp3) is 0.333. The number of imidazole rings is 1. The molecule has 2 aromatic carbocycles. The number of aryl methyl sites for hydroxylation is 1. The van der Waals surface area contributed by atoms with Crippen LogP contribution in [0.5, 0.6) is 0 Å². The molecule has 3 aromatic rings. The molecule has 2 N–H and O–H groups in total. The first-order valence-electron chi connectivity index (χ1n) is 10.7. The Morgan fingerprint density at radius 2 is 2.18 bits per heavy atom. The molecule has 0 saturated carbocycles. The Morgan fingerprint density at radius 1 is 1.35 bits per heavy atom. The van der Waals surface area contributed by atoms with Crippen LogP contribution in [-0.2, 0) is 26.5 Å². The van der Waals surface area contributed by atoms with Gasteiger partial charge < -0.3 is 24.5 Å². The molecule has 0 bridgehead atoms. The third-order valence-electron chi connectivity index (χ3n) is 5.56. The molecular formula is C24H25Cl2N3O4S. The van der Waals surface area contributed by atoms with E-state index in [1.54, 1.807) is 43.3 Å². The summed E-state index contributed by atoms with van der Waals surface area (Å²) in [5.74, 6) is -0.363. The van der Waals surface area contributed by atoms with Crippen LogP contribution in [0.4, 0.5) is 4.79 Å². The molecule has 2 heterocycles. The Hall–Kier alpha value is -2.23. The predicted octanol–water partition coefficient (Wildman–Crippen LogP) is 5.72. The van der Waals surface area contributed by atoms with Crippen molar-refractivity contribution >= 4 is 41.1 Å². The Kier molecular flexibility index (Phi) is 7.74. The van der Waals surface area contributed by atoms with Crippen molar-refractivity contribution in [1.29, 1.82) is 0 Å². The van der Waals surface area contributed by atoms with Gasteiger partial charge in [-0.25, -0.2) is 9.78 Å². The predicted molar refractivity (Wildman–Crippen MR) is 132 cm³/mol. The first kappa shape index (κ1) is 24.9. The molecule has 1 aliphatic rings. The average Bonchev–Trinajstić information content (AvgIpc) is 3.42. The molecule has 1 saturated heterocycles. The lowest BCUT2D eigenvalue weighted by Crippen LogP contribution is -2.34. The molecule has 10 heteroatoms. The number of amides is 1. The van der Waals surface area contributed by atoms with Crippen LogP contribution in [0.1, 0.15) is 29.7 Å². The summed E-state index contributed by atoms with van der Waals surface area (Å²) in [4.78, 5) is 16.3. The number of aromatic nitrogens is 2. The van der Waals surface area contributed by atoms with Crippen molar-refractivity contribution in [2.24, 2.45) is 5.73 Å². The minimum absolute atomic E-state index is 0.155. The van der Waals surface area contributed by atoms with E-state index in [-0.39, 0.29) is 6.10 Å². The zero-order chi connectivity index (χ0) is 24.3. The molecule has 3 unspecified atom stereocenters. The summed E-state index contributed by atoms with van der Waals surface area (Å²) in [6.07, 6.45) is 3.93. The number of hydrogen-bond acceptors (Lipinski definition) is 6. The zero-order valence-electron chi connectivity index (χ0n) is 18.7. The lowest BCUT2D eigenvalue weighted by molar-refractivity contribution is -0.184. The third-order valence-corrected chi connectivity index (χ3v) is 7.23. The van der Waals surface area contributed by atoms with E-state index >= 15 is 0 Å². The lowest BCUT2D eigenvalue weighted by atomic mass is 10.0. The van der Waals surface area contributed by atoms with Crippen LogP contribution < -0.4 is 5.73 Å². The van der Waals surface area contributed by atoms with Gasteiger partial charge in [-0.05, 0) is 49.2 Å². The third kappa shape index (κ3) is 5.70. The van der Waals surface area contributed by atoms with Crippen LogP contribution in [0.2, 0.25) is 10.0 Å². The fourth-order valence-corrected chi connectivity index (χ4v) is 5.52. The van der Waals surface area contributed by atoms with Crippen molar-refractivity contribution in [2.45, 2.75) is 43.3 Å². The molecule has 180 valence electrons. The first-order valence-corrected chi connectivity index (χ1v) is 12.4. The molecule has 0 aliphatic carbocycles. The van der Waals surface area contributed by atoms with Gasteiger partial charge in [-0.1, -0.05) is 35.3 Å². The number of carbonyl (C=O) groups is 1. The van der Waals surface area contributed by atoms with Gasteiger partial charge in [0.1, 0.15) is 6.10 Å². The van der Waals surface area contributed by atoms with Crippen LogP contribution in [0.25, 0.3) is 0 Å². The normalized spacial score (nSPS) is 20.9. The fourth-order valence-electron chi connectivity index (χ4n) is 4.00. The minimum Gasteiger partial charge on any atom is -0.442 e. The number of benzene rings is 2. The van der Waals surface area contributed by atoms with Gasteiger partial charge in [0.25, 0.3) is 0 Å². The molecule has 1 amide bonds. The van der Waals surface area contributed by atoms with E-state index in [4.69, 9.17) is 43.1 Å². The van der Waals surface area contributed by atoms with Crippen molar-refractivity contribution < 1.29 is 19.0 Å². The summed E-state index contributed by atoms with van der Waals surface area (Å²) in [6, 6.07) is 11.3. The second-order valence-electron chi connectivity index (χ2n) is 8.07. The SMILES string of the molecule is Cc1cc(SCC2COC(Cn3ccnc3)(c3ccc(Cl)cc3Cl)O2)ccc1C(C)OC(N)=O. The van der Waals surface area contributed by atoms with Gasteiger partial charge in [0.05, 0.1) is 30.6 Å². The Labute approximate surface area is 212 Å². The molecule has 4 rings (SSSR count). The highest BCUT2D eigenvalue weighted by atomic mass is 35.5. The van der Waals surface area contributed by atoms with Crippen molar-refractivity contribution in [3.63, 3.8) is 0 Å². The summed E-state index contributed by atoms with van der Waals surface area (Å²) in [5.41, 5.74) is 7.80. The maximum absolute atomic E-state index is 11.1. The maximum atomic E-state index is 11.1. The molecular weight excluding hydrogens is 497 g/mol. The van der Waals surface area contributed by atoms with Gasteiger partial charge in [0, 0.05) is 33.6 Å². The van der Waals surface area contributed by atoms with E-state index in [1.165, 1.54) is 0 Å². The molecule has 1 aromatic heterocycles. The summed E-state index contributed by atoms with van der Waals surface area (Å²) in [7, 11) is 0. The first-order chi connectivity index (χ1) is 16.3. The molecule has 0 spiro atoms. The summed E-state index contributed by atoms with van der Waals surface area (Å²) >= 11 is 14.3. The maximum Gasteiger partial charge on any atom is 0.405 e. The van der Waals surface area contributed by atoms with Crippen molar-refractivity contribution in [1.82, 2.24) is 9.55 Å². The van der Waals surface area contributed by atoms with Crippen LogP contribution in [0, 0.1) is 6.92 Å². The second kappa shape index (κ2) is 10.6. The molecule has 1 fully saturated rings. The highest BCUT2D eigenvalue weighted by Gasteiger charge is 2.45. The summed E-state index contributed by atoms with van der Waals surface area (Å²) < 4.78 is 19.8.